The third-order valence-electron chi connectivity index (χ3n) is 4.11. The molecule has 2 saturated carbocycles. The van der Waals surface area contributed by atoms with Crippen LogP contribution < -0.4 is 0 Å². The van der Waals surface area contributed by atoms with Crippen molar-refractivity contribution in [3.8, 4) is 0 Å². The van der Waals surface area contributed by atoms with Gasteiger partial charge >= 0.3 is 6.18 Å². The number of carbonyl (C=O) groups is 1. The minimum absolute atomic E-state index is 0.0101. The molecule has 2 aliphatic carbocycles. The molecule has 0 spiro atoms. The van der Waals surface area contributed by atoms with Crippen molar-refractivity contribution in [2.24, 2.45) is 17.8 Å². The summed E-state index contributed by atoms with van der Waals surface area (Å²) in [6.07, 6.45) is -1.26. The Bertz CT molecular complexity index is 465. The van der Waals surface area contributed by atoms with Crippen LogP contribution in [0, 0.1) is 17.8 Å². The zero-order valence-electron chi connectivity index (χ0n) is 9.70. The summed E-state index contributed by atoms with van der Waals surface area (Å²) >= 11 is 0. The Hall–Kier alpha value is -1.32. The first-order valence-corrected chi connectivity index (χ1v) is 6.16. The Balaban J connectivity index is 1.74. The van der Waals surface area contributed by atoms with Crippen LogP contribution in [-0.2, 0) is 6.18 Å². The van der Waals surface area contributed by atoms with E-state index in [2.05, 4.69) is 0 Å². The minimum atomic E-state index is -4.34. The summed E-state index contributed by atoms with van der Waals surface area (Å²) in [5.74, 6) is 1.45. The molecule has 2 unspecified atom stereocenters. The molecule has 0 N–H and O–H groups in total. The number of hydrogen-bond donors (Lipinski definition) is 0. The molecule has 0 heterocycles. The molecule has 2 atom stereocenters. The van der Waals surface area contributed by atoms with Gasteiger partial charge in [0.25, 0.3) is 0 Å². The Kier molecular flexibility index (Phi) is 2.50. The number of Topliss-reactive ketones (excluding diaryl/α,β-unsaturated/α-hetero) is 1. The van der Waals surface area contributed by atoms with Gasteiger partial charge < -0.3 is 0 Å². The topological polar surface area (TPSA) is 17.1 Å². The van der Waals surface area contributed by atoms with E-state index in [1.165, 1.54) is 18.6 Å². The van der Waals surface area contributed by atoms with Crippen LogP contribution in [0.3, 0.4) is 0 Å². The van der Waals surface area contributed by atoms with Gasteiger partial charge in [0.05, 0.1) is 5.56 Å². The van der Waals surface area contributed by atoms with E-state index in [-0.39, 0.29) is 11.7 Å². The highest BCUT2D eigenvalue weighted by molar-refractivity contribution is 5.98. The highest BCUT2D eigenvalue weighted by atomic mass is 19.4. The summed E-state index contributed by atoms with van der Waals surface area (Å²) in [6.45, 7) is 0. The molecule has 0 amide bonds. The number of benzene rings is 1. The number of alkyl halides is 3. The van der Waals surface area contributed by atoms with Crippen LogP contribution in [-0.4, -0.2) is 5.78 Å². The molecule has 18 heavy (non-hydrogen) atoms. The fourth-order valence-electron chi connectivity index (χ4n) is 2.99. The van der Waals surface area contributed by atoms with Crippen molar-refractivity contribution in [1.29, 1.82) is 0 Å². The van der Waals surface area contributed by atoms with Crippen molar-refractivity contribution in [3.63, 3.8) is 0 Å². The molecule has 4 heteroatoms. The maximum atomic E-state index is 12.4. The van der Waals surface area contributed by atoms with Crippen LogP contribution in [0.1, 0.15) is 35.2 Å². The SMILES string of the molecule is O=C(c1ccc(C(F)(F)F)cc1)C1CC2CC2C1. The number of halogens is 3. The monoisotopic (exact) mass is 254 g/mol. The number of ketones is 1. The molecule has 1 aromatic rings. The highest BCUT2D eigenvalue weighted by Gasteiger charge is 2.48. The van der Waals surface area contributed by atoms with E-state index in [0.29, 0.717) is 17.4 Å². The van der Waals surface area contributed by atoms with Gasteiger partial charge in [-0.25, -0.2) is 0 Å². The van der Waals surface area contributed by atoms with Crippen molar-refractivity contribution < 1.29 is 18.0 Å². The summed E-state index contributed by atoms with van der Waals surface area (Å²) in [5.41, 5.74) is -0.289. The normalized spacial score (nSPS) is 30.1. The first-order valence-electron chi connectivity index (χ1n) is 6.16. The van der Waals surface area contributed by atoms with Crippen LogP contribution >= 0.6 is 0 Å². The summed E-state index contributed by atoms with van der Waals surface area (Å²) in [5, 5.41) is 0. The van der Waals surface area contributed by atoms with E-state index in [1.807, 2.05) is 0 Å². The van der Waals surface area contributed by atoms with E-state index in [0.717, 1.165) is 25.0 Å². The first-order chi connectivity index (χ1) is 8.45. The maximum Gasteiger partial charge on any atom is 0.416 e. The predicted molar refractivity (Wildman–Crippen MR) is 60.1 cm³/mol. The Morgan fingerprint density at radius 2 is 1.56 bits per heavy atom. The molecular formula is C14H13F3O. The summed E-state index contributed by atoms with van der Waals surface area (Å²) in [7, 11) is 0. The summed E-state index contributed by atoms with van der Waals surface area (Å²) < 4.78 is 37.2. The molecule has 1 aromatic carbocycles. The Morgan fingerprint density at radius 3 is 2.06 bits per heavy atom. The third-order valence-corrected chi connectivity index (χ3v) is 4.11. The van der Waals surface area contributed by atoms with Crippen molar-refractivity contribution >= 4 is 5.78 Å². The van der Waals surface area contributed by atoms with Gasteiger partial charge in [0.15, 0.2) is 5.78 Å². The van der Waals surface area contributed by atoms with Gasteiger partial charge in [0.1, 0.15) is 0 Å². The van der Waals surface area contributed by atoms with Crippen molar-refractivity contribution in [2.75, 3.05) is 0 Å². The Morgan fingerprint density at radius 1 is 1.00 bits per heavy atom. The van der Waals surface area contributed by atoms with E-state index >= 15 is 0 Å². The zero-order chi connectivity index (χ0) is 12.9. The van der Waals surface area contributed by atoms with E-state index in [4.69, 9.17) is 0 Å². The molecular weight excluding hydrogens is 241 g/mol. The number of rotatable bonds is 2. The van der Waals surface area contributed by atoms with Gasteiger partial charge in [-0.15, -0.1) is 0 Å². The molecule has 0 aromatic heterocycles. The lowest BCUT2D eigenvalue weighted by Gasteiger charge is -2.11. The van der Waals surface area contributed by atoms with E-state index in [1.54, 1.807) is 0 Å². The second kappa shape index (κ2) is 3.84. The smallest absolute Gasteiger partial charge is 0.294 e. The molecule has 0 bridgehead atoms. The fraction of sp³-hybridized carbons (Fsp3) is 0.500. The van der Waals surface area contributed by atoms with Gasteiger partial charge in [-0.2, -0.15) is 13.2 Å². The number of fused-ring (bicyclic) bond motifs is 1. The van der Waals surface area contributed by atoms with E-state index in [9.17, 15) is 18.0 Å². The standard InChI is InChI=1S/C14H13F3O/c15-14(16,17)12-3-1-8(2-4-12)13(18)11-6-9-5-10(9)7-11/h1-4,9-11H,5-7H2. The molecule has 1 nitrogen and oxygen atoms in total. The van der Waals surface area contributed by atoms with Crippen molar-refractivity contribution in [2.45, 2.75) is 25.4 Å². The molecule has 2 fully saturated rings. The lowest BCUT2D eigenvalue weighted by molar-refractivity contribution is -0.137. The van der Waals surface area contributed by atoms with Gasteiger partial charge in [0.2, 0.25) is 0 Å². The van der Waals surface area contributed by atoms with Gasteiger partial charge in [0, 0.05) is 11.5 Å². The van der Waals surface area contributed by atoms with Gasteiger partial charge in [-0.1, -0.05) is 12.1 Å². The molecule has 0 radical (unpaired) electrons. The Labute approximate surface area is 103 Å². The molecule has 0 saturated heterocycles. The largest absolute Gasteiger partial charge is 0.416 e. The predicted octanol–water partition coefficient (Wildman–Crippen LogP) is 3.93. The van der Waals surface area contributed by atoms with Crippen LogP contribution in [0.4, 0.5) is 13.2 Å². The zero-order valence-corrected chi connectivity index (χ0v) is 9.70. The lowest BCUT2D eigenvalue weighted by atomic mass is 9.93. The average Bonchev–Trinajstić information content (AvgIpc) is 2.94. The fourth-order valence-corrected chi connectivity index (χ4v) is 2.99. The van der Waals surface area contributed by atoms with Crippen LogP contribution in [0.15, 0.2) is 24.3 Å². The highest BCUT2D eigenvalue weighted by Crippen LogP contribution is 2.54. The first kappa shape index (κ1) is 11.8. The average molecular weight is 254 g/mol. The summed E-state index contributed by atoms with van der Waals surface area (Å²) in [6, 6.07) is 4.58. The van der Waals surface area contributed by atoms with Crippen LogP contribution in [0.2, 0.25) is 0 Å². The molecule has 0 aliphatic heterocycles. The number of carbonyl (C=O) groups excluding carboxylic acids is 1. The number of hydrogen-bond acceptors (Lipinski definition) is 1. The van der Waals surface area contributed by atoms with Crippen LogP contribution in [0.5, 0.6) is 0 Å². The summed E-state index contributed by atoms with van der Waals surface area (Å²) in [4.78, 5) is 12.1. The maximum absolute atomic E-state index is 12.4. The molecule has 96 valence electrons. The van der Waals surface area contributed by atoms with Crippen LogP contribution in [0.25, 0.3) is 0 Å². The minimum Gasteiger partial charge on any atom is -0.294 e. The second-order valence-electron chi connectivity index (χ2n) is 5.36. The van der Waals surface area contributed by atoms with Gasteiger partial charge in [-0.3, -0.25) is 4.79 Å². The third kappa shape index (κ3) is 2.04. The molecule has 3 rings (SSSR count). The lowest BCUT2D eigenvalue weighted by Crippen LogP contribution is -2.13. The quantitative estimate of drug-likeness (QED) is 0.731. The van der Waals surface area contributed by atoms with Crippen molar-refractivity contribution in [1.82, 2.24) is 0 Å². The van der Waals surface area contributed by atoms with Gasteiger partial charge in [-0.05, 0) is 43.2 Å². The van der Waals surface area contributed by atoms with Crippen molar-refractivity contribution in [3.05, 3.63) is 35.4 Å². The van der Waals surface area contributed by atoms with E-state index < -0.39 is 11.7 Å². The second-order valence-corrected chi connectivity index (χ2v) is 5.36. The molecule has 2 aliphatic rings.